The van der Waals surface area contributed by atoms with E-state index in [2.05, 4.69) is 38.0 Å². The van der Waals surface area contributed by atoms with Crippen LogP contribution in [0.3, 0.4) is 0 Å². The first-order chi connectivity index (χ1) is 7.80. The van der Waals surface area contributed by atoms with Crippen molar-refractivity contribution in [1.82, 2.24) is 4.98 Å². The number of anilines is 1. The summed E-state index contributed by atoms with van der Waals surface area (Å²) in [5, 5.41) is 3.29. The van der Waals surface area contributed by atoms with Gasteiger partial charge in [0.15, 0.2) is 0 Å². The monoisotopic (exact) mass is 254 g/mol. The van der Waals surface area contributed by atoms with Crippen molar-refractivity contribution in [3.8, 4) is 0 Å². The highest BCUT2D eigenvalue weighted by atomic mass is 35.5. The van der Waals surface area contributed by atoms with Crippen LogP contribution in [0.25, 0.3) is 0 Å². The zero-order valence-corrected chi connectivity index (χ0v) is 11.5. The summed E-state index contributed by atoms with van der Waals surface area (Å²) in [6.45, 7) is 8.45. The lowest BCUT2D eigenvalue weighted by Gasteiger charge is -2.26. The molecule has 0 saturated heterocycles. The Kier molecular flexibility index (Phi) is 4.52. The SMILES string of the molecule is CC(CC(=O)Nc1cnccc1Cl)C(C)(C)C. The van der Waals surface area contributed by atoms with Crippen LogP contribution in [0.2, 0.25) is 5.02 Å². The van der Waals surface area contributed by atoms with Crippen molar-refractivity contribution in [3.63, 3.8) is 0 Å². The van der Waals surface area contributed by atoms with Crippen LogP contribution in [0.1, 0.15) is 34.1 Å². The summed E-state index contributed by atoms with van der Waals surface area (Å²) in [4.78, 5) is 15.8. The van der Waals surface area contributed by atoms with Gasteiger partial charge in [-0.2, -0.15) is 0 Å². The zero-order chi connectivity index (χ0) is 13.1. The number of hydrogen-bond acceptors (Lipinski definition) is 2. The summed E-state index contributed by atoms with van der Waals surface area (Å²) in [6, 6.07) is 1.66. The van der Waals surface area contributed by atoms with Gasteiger partial charge in [-0.3, -0.25) is 9.78 Å². The molecular formula is C13H19ClN2O. The normalized spacial score (nSPS) is 13.2. The maximum absolute atomic E-state index is 11.8. The average Bonchev–Trinajstić information content (AvgIpc) is 2.20. The molecule has 0 aromatic carbocycles. The number of amides is 1. The van der Waals surface area contributed by atoms with Gasteiger partial charge in [-0.05, 0) is 17.4 Å². The first-order valence-corrected chi connectivity index (χ1v) is 6.08. The van der Waals surface area contributed by atoms with Crippen molar-refractivity contribution in [2.45, 2.75) is 34.1 Å². The summed E-state index contributed by atoms with van der Waals surface area (Å²) >= 11 is 5.94. The quantitative estimate of drug-likeness (QED) is 0.893. The second-order valence-electron chi connectivity index (χ2n) is 5.37. The minimum atomic E-state index is -0.0256. The van der Waals surface area contributed by atoms with E-state index in [1.807, 2.05) is 0 Å². The Morgan fingerprint density at radius 1 is 1.53 bits per heavy atom. The molecule has 0 saturated carbocycles. The molecule has 1 unspecified atom stereocenters. The highest BCUT2D eigenvalue weighted by Crippen LogP contribution is 2.28. The van der Waals surface area contributed by atoms with E-state index in [4.69, 9.17) is 11.6 Å². The Labute approximate surface area is 108 Å². The van der Waals surface area contributed by atoms with E-state index in [1.165, 1.54) is 0 Å². The van der Waals surface area contributed by atoms with Crippen molar-refractivity contribution in [3.05, 3.63) is 23.5 Å². The molecule has 0 aliphatic rings. The largest absolute Gasteiger partial charge is 0.323 e. The van der Waals surface area contributed by atoms with Crippen molar-refractivity contribution in [1.29, 1.82) is 0 Å². The van der Waals surface area contributed by atoms with Gasteiger partial charge in [-0.25, -0.2) is 0 Å². The molecule has 0 spiro atoms. The van der Waals surface area contributed by atoms with Gasteiger partial charge in [0, 0.05) is 12.6 Å². The van der Waals surface area contributed by atoms with Crippen molar-refractivity contribution >= 4 is 23.2 Å². The fourth-order valence-electron chi connectivity index (χ4n) is 1.25. The Morgan fingerprint density at radius 2 is 2.18 bits per heavy atom. The predicted molar refractivity (Wildman–Crippen MR) is 71.1 cm³/mol. The fraction of sp³-hybridized carbons (Fsp3) is 0.538. The molecule has 1 aromatic heterocycles. The van der Waals surface area contributed by atoms with E-state index >= 15 is 0 Å². The maximum atomic E-state index is 11.8. The van der Waals surface area contributed by atoms with Crippen LogP contribution in [0, 0.1) is 11.3 Å². The standard InChI is InChI=1S/C13H19ClN2O/c1-9(13(2,3)4)7-12(17)16-11-8-15-6-5-10(11)14/h5-6,8-9H,7H2,1-4H3,(H,16,17). The van der Waals surface area contributed by atoms with Crippen LogP contribution in [0.4, 0.5) is 5.69 Å². The molecule has 1 atom stereocenters. The van der Waals surface area contributed by atoms with Crippen molar-refractivity contribution in [2.75, 3.05) is 5.32 Å². The van der Waals surface area contributed by atoms with E-state index in [-0.39, 0.29) is 11.3 Å². The molecule has 0 bridgehead atoms. The molecule has 1 N–H and O–H groups in total. The van der Waals surface area contributed by atoms with Gasteiger partial charge in [0.2, 0.25) is 5.91 Å². The Balaban J connectivity index is 2.60. The minimum Gasteiger partial charge on any atom is -0.323 e. The Bertz CT molecular complexity index is 399. The summed E-state index contributed by atoms with van der Waals surface area (Å²) < 4.78 is 0. The van der Waals surface area contributed by atoms with Crippen molar-refractivity contribution in [2.24, 2.45) is 11.3 Å². The fourth-order valence-corrected chi connectivity index (χ4v) is 1.41. The predicted octanol–water partition coefficient (Wildman–Crippen LogP) is 3.75. The van der Waals surface area contributed by atoms with Gasteiger partial charge in [0.05, 0.1) is 16.9 Å². The lowest BCUT2D eigenvalue weighted by atomic mass is 9.80. The van der Waals surface area contributed by atoms with Gasteiger partial charge >= 0.3 is 0 Å². The highest BCUT2D eigenvalue weighted by Gasteiger charge is 2.22. The number of aromatic nitrogens is 1. The van der Waals surface area contributed by atoms with E-state index < -0.39 is 0 Å². The minimum absolute atomic E-state index is 0.0256. The van der Waals surface area contributed by atoms with Crippen LogP contribution in [0.15, 0.2) is 18.5 Å². The molecule has 1 aromatic rings. The molecule has 1 rings (SSSR count). The molecule has 4 heteroatoms. The number of nitrogens with zero attached hydrogens (tertiary/aromatic N) is 1. The number of carbonyl (C=O) groups excluding carboxylic acids is 1. The zero-order valence-electron chi connectivity index (χ0n) is 10.7. The molecule has 0 aliphatic heterocycles. The third-order valence-electron chi connectivity index (χ3n) is 3.01. The number of carbonyl (C=O) groups is 1. The van der Waals surface area contributed by atoms with E-state index in [0.717, 1.165) is 0 Å². The third-order valence-corrected chi connectivity index (χ3v) is 3.34. The molecular weight excluding hydrogens is 236 g/mol. The van der Waals surface area contributed by atoms with Gasteiger partial charge < -0.3 is 5.32 Å². The summed E-state index contributed by atoms with van der Waals surface area (Å²) in [7, 11) is 0. The lowest BCUT2D eigenvalue weighted by molar-refractivity contribution is -0.117. The van der Waals surface area contributed by atoms with E-state index in [1.54, 1.807) is 18.5 Å². The van der Waals surface area contributed by atoms with Gasteiger partial charge in [-0.1, -0.05) is 39.3 Å². The smallest absolute Gasteiger partial charge is 0.224 e. The van der Waals surface area contributed by atoms with Crippen molar-refractivity contribution < 1.29 is 4.79 Å². The molecule has 17 heavy (non-hydrogen) atoms. The molecule has 0 radical (unpaired) electrons. The van der Waals surface area contributed by atoms with Crippen LogP contribution in [-0.4, -0.2) is 10.9 Å². The lowest BCUT2D eigenvalue weighted by Crippen LogP contribution is -2.24. The number of hydrogen-bond donors (Lipinski definition) is 1. The molecule has 1 amide bonds. The average molecular weight is 255 g/mol. The van der Waals surface area contributed by atoms with Crippen LogP contribution >= 0.6 is 11.6 Å². The third kappa shape index (κ3) is 4.35. The molecule has 3 nitrogen and oxygen atoms in total. The van der Waals surface area contributed by atoms with E-state index in [0.29, 0.717) is 23.0 Å². The molecule has 94 valence electrons. The van der Waals surface area contributed by atoms with Gasteiger partial charge in [-0.15, -0.1) is 0 Å². The summed E-state index contributed by atoms with van der Waals surface area (Å²) in [5.41, 5.74) is 0.691. The van der Waals surface area contributed by atoms with Crippen LogP contribution in [-0.2, 0) is 4.79 Å². The second kappa shape index (κ2) is 5.50. The van der Waals surface area contributed by atoms with Gasteiger partial charge in [0.25, 0.3) is 0 Å². The number of rotatable bonds is 3. The molecule has 0 aliphatic carbocycles. The first-order valence-electron chi connectivity index (χ1n) is 5.70. The summed E-state index contributed by atoms with van der Waals surface area (Å²) in [5.74, 6) is 0.278. The highest BCUT2D eigenvalue weighted by molar-refractivity contribution is 6.33. The van der Waals surface area contributed by atoms with Crippen LogP contribution in [0.5, 0.6) is 0 Å². The van der Waals surface area contributed by atoms with Gasteiger partial charge in [0.1, 0.15) is 0 Å². The van der Waals surface area contributed by atoms with E-state index in [9.17, 15) is 4.79 Å². The van der Waals surface area contributed by atoms with Crippen LogP contribution < -0.4 is 5.32 Å². The molecule has 1 heterocycles. The maximum Gasteiger partial charge on any atom is 0.224 e. The number of nitrogens with one attached hydrogen (secondary N) is 1. The Morgan fingerprint density at radius 3 is 2.71 bits per heavy atom. The number of halogens is 1. The molecule has 0 fully saturated rings. The number of pyridine rings is 1. The Hall–Kier alpha value is -1.09. The first kappa shape index (κ1) is 14.0. The second-order valence-corrected chi connectivity index (χ2v) is 5.78. The summed E-state index contributed by atoms with van der Waals surface area (Å²) in [6.07, 6.45) is 3.63. The topological polar surface area (TPSA) is 42.0 Å².